The van der Waals surface area contributed by atoms with Crippen LogP contribution in [-0.4, -0.2) is 24.1 Å². The molecule has 0 aliphatic heterocycles. The molecule has 1 aromatic heterocycles. The average molecular weight is 519 g/mol. The number of aromatic nitrogens is 2. The van der Waals surface area contributed by atoms with E-state index in [4.69, 9.17) is 11.6 Å². The molecule has 9 heteroatoms. The Morgan fingerprint density at radius 2 is 1.43 bits per heavy atom. The van der Waals surface area contributed by atoms with E-state index in [2.05, 4.69) is 32.6 Å². The summed E-state index contributed by atoms with van der Waals surface area (Å²) in [5.41, 5.74) is 0.388. The summed E-state index contributed by atoms with van der Waals surface area (Å²) in [5.74, 6) is -0.0813. The van der Waals surface area contributed by atoms with Crippen LogP contribution in [0.1, 0.15) is 5.56 Å². The first-order valence-electron chi connectivity index (χ1n) is 8.09. The van der Waals surface area contributed by atoms with Crippen molar-refractivity contribution in [3.8, 4) is 0 Å². The van der Waals surface area contributed by atoms with Gasteiger partial charge in [-0.2, -0.15) is 18.2 Å². The van der Waals surface area contributed by atoms with E-state index in [1.54, 1.807) is 55.4 Å². The van der Waals surface area contributed by atoms with Crippen molar-refractivity contribution in [1.82, 2.24) is 9.97 Å². The molecule has 0 saturated carbocycles. The second-order valence-electron chi connectivity index (χ2n) is 5.98. The fourth-order valence-electron chi connectivity index (χ4n) is 2.55. The first-order chi connectivity index (χ1) is 13.2. The Labute approximate surface area is 179 Å². The van der Waals surface area contributed by atoms with E-state index >= 15 is 0 Å². The standard InChI is InChI=1S/C19H15ClF3IN4/c1-27(14-9-5-13(24)6-10-14)17-16(19(21,22)23)11-25-18(26-17)28(2)15-7-3-12(20)4-8-15/h3-11H,1-2H3. The minimum atomic E-state index is -4.58. The largest absolute Gasteiger partial charge is 0.421 e. The molecule has 0 saturated heterocycles. The van der Waals surface area contributed by atoms with Gasteiger partial charge in [0.2, 0.25) is 5.95 Å². The summed E-state index contributed by atoms with van der Waals surface area (Å²) in [6.45, 7) is 0. The number of hydrogen-bond acceptors (Lipinski definition) is 4. The number of halogens is 5. The maximum absolute atomic E-state index is 13.6. The first kappa shape index (κ1) is 20.7. The summed E-state index contributed by atoms with van der Waals surface area (Å²) in [7, 11) is 3.23. The third-order valence-electron chi connectivity index (χ3n) is 4.11. The van der Waals surface area contributed by atoms with Crippen molar-refractivity contribution in [1.29, 1.82) is 0 Å². The lowest BCUT2D eigenvalue weighted by Gasteiger charge is -2.25. The maximum atomic E-state index is 13.6. The molecular weight excluding hydrogens is 504 g/mol. The van der Waals surface area contributed by atoms with Crippen LogP contribution in [-0.2, 0) is 6.18 Å². The molecule has 0 fully saturated rings. The number of nitrogens with zero attached hydrogens (tertiary/aromatic N) is 4. The zero-order chi connectivity index (χ0) is 20.5. The van der Waals surface area contributed by atoms with Crippen LogP contribution in [0.25, 0.3) is 0 Å². The molecule has 146 valence electrons. The molecule has 28 heavy (non-hydrogen) atoms. The molecule has 0 N–H and O–H groups in total. The molecule has 0 radical (unpaired) electrons. The van der Waals surface area contributed by atoms with Crippen molar-refractivity contribution >= 4 is 57.3 Å². The predicted molar refractivity (Wildman–Crippen MR) is 114 cm³/mol. The van der Waals surface area contributed by atoms with Gasteiger partial charge in [-0.1, -0.05) is 11.6 Å². The van der Waals surface area contributed by atoms with E-state index in [0.717, 1.165) is 9.77 Å². The molecule has 3 aromatic rings. The van der Waals surface area contributed by atoms with Gasteiger partial charge in [0.1, 0.15) is 5.56 Å². The molecule has 0 aliphatic carbocycles. The lowest BCUT2D eigenvalue weighted by Crippen LogP contribution is -2.21. The lowest BCUT2D eigenvalue weighted by molar-refractivity contribution is -0.137. The van der Waals surface area contributed by atoms with Crippen LogP contribution in [0.5, 0.6) is 0 Å². The van der Waals surface area contributed by atoms with E-state index in [1.165, 1.54) is 4.90 Å². The molecule has 0 aliphatic rings. The van der Waals surface area contributed by atoms with Gasteiger partial charge < -0.3 is 9.80 Å². The van der Waals surface area contributed by atoms with Gasteiger partial charge in [0.25, 0.3) is 0 Å². The second-order valence-corrected chi connectivity index (χ2v) is 7.66. The Bertz CT molecular complexity index is 962. The first-order valence-corrected chi connectivity index (χ1v) is 9.55. The molecular formula is C19H15ClF3IN4. The SMILES string of the molecule is CN(c1ccc(Cl)cc1)c1ncc(C(F)(F)F)c(N(C)c2ccc(I)cc2)n1. The van der Waals surface area contributed by atoms with Crippen molar-refractivity contribution in [2.45, 2.75) is 6.18 Å². The van der Waals surface area contributed by atoms with Crippen LogP contribution in [0, 0.1) is 3.57 Å². The summed E-state index contributed by atoms with van der Waals surface area (Å²) in [6, 6.07) is 14.0. The zero-order valence-corrected chi connectivity index (χ0v) is 17.8. The number of hydrogen-bond donors (Lipinski definition) is 0. The summed E-state index contributed by atoms with van der Waals surface area (Å²) >= 11 is 8.03. The highest BCUT2D eigenvalue weighted by Crippen LogP contribution is 2.38. The molecule has 1 heterocycles. The van der Waals surface area contributed by atoms with Gasteiger partial charge in [-0.3, -0.25) is 0 Å². The van der Waals surface area contributed by atoms with Gasteiger partial charge >= 0.3 is 6.18 Å². The third kappa shape index (κ3) is 4.49. The van der Waals surface area contributed by atoms with Gasteiger partial charge in [0.15, 0.2) is 5.82 Å². The number of anilines is 4. The Morgan fingerprint density at radius 3 is 2.00 bits per heavy atom. The molecule has 2 aromatic carbocycles. The van der Waals surface area contributed by atoms with Gasteiger partial charge in [-0.25, -0.2) is 4.98 Å². The van der Waals surface area contributed by atoms with Gasteiger partial charge in [0, 0.05) is 40.3 Å². The van der Waals surface area contributed by atoms with Gasteiger partial charge in [0.05, 0.1) is 0 Å². The summed E-state index contributed by atoms with van der Waals surface area (Å²) in [4.78, 5) is 11.2. The Kier molecular flexibility index (Phi) is 5.99. The average Bonchev–Trinajstić information content (AvgIpc) is 2.67. The Hall–Kier alpha value is -2.07. The van der Waals surface area contributed by atoms with Crippen molar-refractivity contribution in [3.63, 3.8) is 0 Å². The molecule has 0 spiro atoms. The van der Waals surface area contributed by atoms with Crippen molar-refractivity contribution in [2.75, 3.05) is 23.9 Å². The molecule has 0 bridgehead atoms. The fourth-order valence-corrected chi connectivity index (χ4v) is 3.03. The molecule has 3 rings (SSSR count). The molecule has 4 nitrogen and oxygen atoms in total. The summed E-state index contributed by atoms with van der Waals surface area (Å²) in [5, 5.41) is 0.560. The van der Waals surface area contributed by atoms with E-state index in [1.807, 2.05) is 12.1 Å². The topological polar surface area (TPSA) is 32.3 Å². The Morgan fingerprint density at radius 1 is 0.893 bits per heavy atom. The zero-order valence-electron chi connectivity index (χ0n) is 14.9. The Balaban J connectivity index is 2.06. The third-order valence-corrected chi connectivity index (χ3v) is 5.08. The lowest BCUT2D eigenvalue weighted by atomic mass is 10.2. The number of rotatable bonds is 4. The molecule has 0 atom stereocenters. The van der Waals surface area contributed by atoms with Crippen LogP contribution in [0.3, 0.4) is 0 Å². The monoisotopic (exact) mass is 518 g/mol. The number of alkyl halides is 3. The van der Waals surface area contributed by atoms with Gasteiger partial charge in [-0.15, -0.1) is 0 Å². The van der Waals surface area contributed by atoms with E-state index in [-0.39, 0.29) is 11.8 Å². The minimum Gasteiger partial charge on any atom is -0.329 e. The highest BCUT2D eigenvalue weighted by atomic mass is 127. The van der Waals surface area contributed by atoms with Crippen LogP contribution in [0.15, 0.2) is 54.7 Å². The fraction of sp³-hybridized carbons (Fsp3) is 0.158. The normalized spacial score (nSPS) is 11.4. The molecule has 0 amide bonds. The van der Waals surface area contributed by atoms with Crippen LogP contribution < -0.4 is 9.80 Å². The van der Waals surface area contributed by atoms with Crippen molar-refractivity contribution < 1.29 is 13.2 Å². The second kappa shape index (κ2) is 8.12. The van der Waals surface area contributed by atoms with Crippen molar-refractivity contribution in [3.05, 3.63) is 68.9 Å². The maximum Gasteiger partial charge on any atom is 0.421 e. The summed E-state index contributed by atoms with van der Waals surface area (Å²) in [6.07, 6.45) is -3.77. The van der Waals surface area contributed by atoms with Crippen LogP contribution in [0.2, 0.25) is 5.02 Å². The van der Waals surface area contributed by atoms with E-state index in [9.17, 15) is 13.2 Å². The molecule has 0 unspecified atom stereocenters. The highest BCUT2D eigenvalue weighted by molar-refractivity contribution is 14.1. The smallest absolute Gasteiger partial charge is 0.329 e. The predicted octanol–water partition coefficient (Wildman–Crippen LogP) is 6.29. The highest BCUT2D eigenvalue weighted by Gasteiger charge is 2.37. The van der Waals surface area contributed by atoms with E-state index in [0.29, 0.717) is 16.4 Å². The summed E-state index contributed by atoms with van der Waals surface area (Å²) < 4.78 is 41.6. The van der Waals surface area contributed by atoms with E-state index < -0.39 is 11.7 Å². The minimum absolute atomic E-state index is 0.141. The number of benzene rings is 2. The van der Waals surface area contributed by atoms with Crippen LogP contribution >= 0.6 is 34.2 Å². The van der Waals surface area contributed by atoms with Crippen LogP contribution in [0.4, 0.5) is 36.3 Å². The van der Waals surface area contributed by atoms with Crippen molar-refractivity contribution in [2.24, 2.45) is 0 Å². The van der Waals surface area contributed by atoms with Gasteiger partial charge in [-0.05, 0) is 71.1 Å². The quantitative estimate of drug-likeness (QED) is 0.380.